The van der Waals surface area contributed by atoms with Crippen LogP contribution >= 0.6 is 0 Å². The first-order chi connectivity index (χ1) is 15.3. The largest absolute Gasteiger partial charge is 0.339 e. The van der Waals surface area contributed by atoms with Crippen LogP contribution in [-0.2, 0) is 16.0 Å². The van der Waals surface area contributed by atoms with Crippen molar-refractivity contribution in [2.45, 2.75) is 6.42 Å². The number of piperazine rings is 1. The van der Waals surface area contributed by atoms with Crippen LogP contribution in [0.1, 0.15) is 26.3 Å². The molecule has 32 heavy (non-hydrogen) atoms. The van der Waals surface area contributed by atoms with E-state index in [1.807, 2.05) is 30.3 Å². The molecule has 1 saturated heterocycles. The SMILES string of the molecule is O=C(Cc1ccccc1)N1CCN(C(=O)CN2C(=O)c3ccc([N+](=O)[O-])cc3C2=O)CC1. The zero-order valence-electron chi connectivity index (χ0n) is 17.1. The van der Waals surface area contributed by atoms with Gasteiger partial charge in [0.15, 0.2) is 0 Å². The van der Waals surface area contributed by atoms with Crippen molar-refractivity contribution >= 4 is 29.3 Å². The fourth-order valence-corrected chi connectivity index (χ4v) is 3.86. The number of hydrogen-bond donors (Lipinski definition) is 0. The van der Waals surface area contributed by atoms with Crippen molar-refractivity contribution in [2.24, 2.45) is 0 Å². The van der Waals surface area contributed by atoms with Crippen LogP contribution in [0.4, 0.5) is 5.69 Å². The predicted molar refractivity (Wildman–Crippen MR) is 112 cm³/mol. The third kappa shape index (κ3) is 4.07. The molecule has 4 rings (SSSR count). The van der Waals surface area contributed by atoms with Crippen LogP contribution in [-0.4, -0.2) is 76.0 Å². The minimum atomic E-state index is -0.723. The number of nitro benzene ring substituents is 1. The lowest BCUT2D eigenvalue weighted by Crippen LogP contribution is -2.53. The average molecular weight is 436 g/mol. The number of hydrogen-bond acceptors (Lipinski definition) is 6. The lowest BCUT2D eigenvalue weighted by Gasteiger charge is -2.35. The fourth-order valence-electron chi connectivity index (χ4n) is 3.86. The molecule has 2 aliphatic heterocycles. The van der Waals surface area contributed by atoms with Gasteiger partial charge in [-0.1, -0.05) is 30.3 Å². The first kappa shape index (κ1) is 21.2. The van der Waals surface area contributed by atoms with Gasteiger partial charge < -0.3 is 9.80 Å². The number of carbonyl (C=O) groups is 4. The molecule has 10 heteroatoms. The Kier molecular flexibility index (Phi) is 5.67. The standard InChI is InChI=1S/C22H20N4O6/c27-19(12-15-4-2-1-3-5-15)23-8-10-24(11-9-23)20(28)14-25-21(29)17-7-6-16(26(31)32)13-18(17)22(25)30/h1-7,13H,8-12,14H2. The maximum Gasteiger partial charge on any atom is 0.270 e. The molecular formula is C22H20N4O6. The van der Waals surface area contributed by atoms with E-state index >= 15 is 0 Å². The van der Waals surface area contributed by atoms with Crippen LogP contribution in [0.2, 0.25) is 0 Å². The monoisotopic (exact) mass is 436 g/mol. The summed E-state index contributed by atoms with van der Waals surface area (Å²) in [5.74, 6) is -1.81. The molecule has 0 bridgehead atoms. The highest BCUT2D eigenvalue weighted by atomic mass is 16.6. The van der Waals surface area contributed by atoms with Crippen molar-refractivity contribution in [1.29, 1.82) is 0 Å². The summed E-state index contributed by atoms with van der Waals surface area (Å²) in [5, 5.41) is 10.9. The summed E-state index contributed by atoms with van der Waals surface area (Å²) in [4.78, 5) is 64.6. The van der Waals surface area contributed by atoms with E-state index in [1.165, 1.54) is 11.0 Å². The normalized spacial score (nSPS) is 15.7. The Morgan fingerprint density at radius 2 is 1.44 bits per heavy atom. The predicted octanol–water partition coefficient (Wildman–Crippen LogP) is 1.10. The van der Waals surface area contributed by atoms with Crippen LogP contribution in [0, 0.1) is 10.1 Å². The first-order valence-corrected chi connectivity index (χ1v) is 10.1. The molecule has 2 aromatic rings. The Balaban J connectivity index is 1.34. The van der Waals surface area contributed by atoms with Gasteiger partial charge in [-0.2, -0.15) is 0 Å². The Labute approximate surface area is 183 Å². The summed E-state index contributed by atoms with van der Waals surface area (Å²) in [5.41, 5.74) is 0.592. The molecule has 2 heterocycles. The summed E-state index contributed by atoms with van der Waals surface area (Å²) < 4.78 is 0. The van der Waals surface area contributed by atoms with Gasteiger partial charge in [0.1, 0.15) is 6.54 Å². The number of nitro groups is 1. The minimum Gasteiger partial charge on any atom is -0.339 e. The van der Waals surface area contributed by atoms with Crippen molar-refractivity contribution in [3.05, 3.63) is 75.3 Å². The maximum atomic E-state index is 12.7. The molecule has 1 fully saturated rings. The van der Waals surface area contributed by atoms with Gasteiger partial charge in [0, 0.05) is 38.3 Å². The van der Waals surface area contributed by atoms with E-state index in [0.717, 1.165) is 22.6 Å². The number of amides is 4. The van der Waals surface area contributed by atoms with Gasteiger partial charge in [-0.3, -0.25) is 34.2 Å². The summed E-state index contributed by atoms with van der Waals surface area (Å²) in [6.07, 6.45) is 0.288. The van der Waals surface area contributed by atoms with Crippen LogP contribution in [0.3, 0.4) is 0 Å². The smallest absolute Gasteiger partial charge is 0.270 e. The molecule has 10 nitrogen and oxygen atoms in total. The van der Waals surface area contributed by atoms with Gasteiger partial charge in [0.25, 0.3) is 17.5 Å². The van der Waals surface area contributed by atoms with Crippen LogP contribution in [0.25, 0.3) is 0 Å². The molecule has 4 amide bonds. The zero-order valence-corrected chi connectivity index (χ0v) is 17.1. The van der Waals surface area contributed by atoms with E-state index in [9.17, 15) is 29.3 Å². The van der Waals surface area contributed by atoms with Crippen LogP contribution < -0.4 is 0 Å². The van der Waals surface area contributed by atoms with Crippen LogP contribution in [0.5, 0.6) is 0 Å². The van der Waals surface area contributed by atoms with Crippen molar-refractivity contribution in [3.63, 3.8) is 0 Å². The molecule has 2 aromatic carbocycles. The minimum absolute atomic E-state index is 0.0229. The molecule has 0 N–H and O–H groups in total. The summed E-state index contributed by atoms with van der Waals surface area (Å²) >= 11 is 0. The van der Waals surface area contributed by atoms with Gasteiger partial charge in [-0.25, -0.2) is 0 Å². The van der Waals surface area contributed by atoms with Crippen molar-refractivity contribution in [2.75, 3.05) is 32.7 Å². The number of imide groups is 1. The molecule has 0 unspecified atom stereocenters. The number of fused-ring (bicyclic) bond motifs is 1. The van der Waals surface area contributed by atoms with E-state index in [0.29, 0.717) is 26.2 Å². The molecular weight excluding hydrogens is 416 g/mol. The number of non-ortho nitro benzene ring substituents is 1. The van der Waals surface area contributed by atoms with E-state index < -0.39 is 29.2 Å². The first-order valence-electron chi connectivity index (χ1n) is 10.1. The second-order valence-corrected chi connectivity index (χ2v) is 7.61. The molecule has 0 aliphatic carbocycles. The highest BCUT2D eigenvalue weighted by Crippen LogP contribution is 2.26. The van der Waals surface area contributed by atoms with E-state index in [1.54, 1.807) is 4.90 Å². The molecule has 164 valence electrons. The third-order valence-electron chi connectivity index (χ3n) is 5.64. The lowest BCUT2D eigenvalue weighted by molar-refractivity contribution is -0.384. The summed E-state index contributed by atoms with van der Waals surface area (Å²) in [6, 6.07) is 12.8. The Bertz CT molecular complexity index is 1110. The highest BCUT2D eigenvalue weighted by Gasteiger charge is 2.39. The quantitative estimate of drug-likeness (QED) is 0.393. The van der Waals surface area contributed by atoms with E-state index in [-0.39, 0.29) is 29.1 Å². The molecule has 0 saturated carbocycles. The van der Waals surface area contributed by atoms with Gasteiger partial charge in [0.05, 0.1) is 22.5 Å². The van der Waals surface area contributed by atoms with Gasteiger partial charge >= 0.3 is 0 Å². The topological polar surface area (TPSA) is 121 Å². The second-order valence-electron chi connectivity index (χ2n) is 7.61. The fraction of sp³-hybridized carbons (Fsp3) is 0.273. The van der Waals surface area contributed by atoms with Crippen LogP contribution in [0.15, 0.2) is 48.5 Å². The number of nitrogens with zero attached hydrogens (tertiary/aromatic N) is 4. The number of carbonyl (C=O) groups excluding carboxylic acids is 4. The van der Waals surface area contributed by atoms with Crippen molar-refractivity contribution < 1.29 is 24.1 Å². The highest BCUT2D eigenvalue weighted by molar-refractivity contribution is 6.22. The molecule has 2 aliphatic rings. The Morgan fingerprint density at radius 3 is 2.06 bits per heavy atom. The van der Waals surface area contributed by atoms with E-state index in [4.69, 9.17) is 0 Å². The molecule has 0 atom stereocenters. The van der Waals surface area contributed by atoms with Crippen molar-refractivity contribution in [3.8, 4) is 0 Å². The number of rotatable bonds is 5. The van der Waals surface area contributed by atoms with Gasteiger partial charge in [-0.15, -0.1) is 0 Å². The van der Waals surface area contributed by atoms with Crippen molar-refractivity contribution in [1.82, 2.24) is 14.7 Å². The molecule has 0 aromatic heterocycles. The van der Waals surface area contributed by atoms with E-state index in [2.05, 4.69) is 0 Å². The summed E-state index contributed by atoms with van der Waals surface area (Å²) in [6.45, 7) is 0.886. The summed E-state index contributed by atoms with van der Waals surface area (Å²) in [7, 11) is 0. The van der Waals surface area contributed by atoms with Gasteiger partial charge in [0.2, 0.25) is 11.8 Å². The third-order valence-corrected chi connectivity index (χ3v) is 5.64. The average Bonchev–Trinajstić information content (AvgIpc) is 3.04. The Morgan fingerprint density at radius 1 is 0.844 bits per heavy atom. The molecule has 0 radical (unpaired) electrons. The second kappa shape index (κ2) is 8.58. The molecule has 0 spiro atoms. The zero-order chi connectivity index (χ0) is 22.8. The Hall–Kier alpha value is -4.08. The maximum absolute atomic E-state index is 12.7. The lowest BCUT2D eigenvalue weighted by atomic mass is 10.1. The number of benzene rings is 2. The van der Waals surface area contributed by atoms with Gasteiger partial charge in [-0.05, 0) is 11.6 Å².